The van der Waals surface area contributed by atoms with Crippen molar-refractivity contribution in [3.8, 4) is 0 Å². The molecule has 2 aromatic rings. The lowest BCUT2D eigenvalue weighted by atomic mass is 10.2. The highest BCUT2D eigenvalue weighted by atomic mass is 32.2. The van der Waals surface area contributed by atoms with Gasteiger partial charge in [-0.2, -0.15) is 32.1 Å². The van der Waals surface area contributed by atoms with Crippen molar-refractivity contribution in [1.82, 2.24) is 24.3 Å². The zero-order valence-corrected chi connectivity index (χ0v) is 15.6. The van der Waals surface area contributed by atoms with Gasteiger partial charge < -0.3 is 0 Å². The Bertz CT molecular complexity index is 964. The first kappa shape index (κ1) is 20.7. The van der Waals surface area contributed by atoms with Crippen molar-refractivity contribution < 1.29 is 30.4 Å². The molecule has 2 heterocycles. The molecule has 1 N–H and O–H groups in total. The van der Waals surface area contributed by atoms with E-state index >= 15 is 0 Å². The van der Waals surface area contributed by atoms with Gasteiger partial charge in [-0.3, -0.25) is 4.68 Å². The van der Waals surface area contributed by atoms with Crippen LogP contribution in [0.2, 0.25) is 0 Å². The van der Waals surface area contributed by atoms with Gasteiger partial charge >= 0.3 is 12.7 Å². The van der Waals surface area contributed by atoms with E-state index in [1.165, 1.54) is 6.92 Å². The Balaban J connectivity index is 1.65. The fraction of sp³-hybridized carbons (Fsp3) is 0.600. The molecule has 0 atom stereocenters. The first-order chi connectivity index (χ1) is 13.0. The molecule has 0 aliphatic heterocycles. The van der Waals surface area contributed by atoms with E-state index in [1.54, 1.807) is 0 Å². The molecule has 0 spiro atoms. The number of rotatable bonds is 7. The molecular weight excluding hydrogens is 409 g/mol. The highest BCUT2D eigenvalue weighted by Crippen LogP contribution is 2.37. The standard InChI is InChI=1S/C15H18F5N5O2S/c1-9-12(8-25(22-9)14(16)17)28(26,27)21-6-3-7-24-13(15(18,19)20)10-4-2-5-11(10)23-24/h8,14,21H,2-7H2,1H3. The van der Waals surface area contributed by atoms with Gasteiger partial charge in [-0.05, 0) is 32.6 Å². The van der Waals surface area contributed by atoms with E-state index in [4.69, 9.17) is 0 Å². The maximum Gasteiger partial charge on any atom is 0.433 e. The lowest BCUT2D eigenvalue weighted by Crippen LogP contribution is -2.26. The van der Waals surface area contributed by atoms with E-state index in [0.29, 0.717) is 31.2 Å². The molecule has 0 unspecified atom stereocenters. The molecule has 0 aromatic carbocycles. The van der Waals surface area contributed by atoms with E-state index in [-0.39, 0.29) is 35.4 Å². The Kier molecular flexibility index (Phi) is 5.49. The van der Waals surface area contributed by atoms with Crippen LogP contribution in [-0.2, 0) is 35.6 Å². The van der Waals surface area contributed by atoms with Crippen LogP contribution in [0.3, 0.4) is 0 Å². The topological polar surface area (TPSA) is 81.8 Å². The van der Waals surface area contributed by atoms with E-state index in [2.05, 4.69) is 14.9 Å². The molecule has 7 nitrogen and oxygen atoms in total. The van der Waals surface area contributed by atoms with Crippen LogP contribution in [0.4, 0.5) is 22.0 Å². The number of fused-ring (bicyclic) bond motifs is 1. The summed E-state index contributed by atoms with van der Waals surface area (Å²) in [6, 6.07) is 0. The number of hydrogen-bond donors (Lipinski definition) is 1. The van der Waals surface area contributed by atoms with Crippen LogP contribution >= 0.6 is 0 Å². The van der Waals surface area contributed by atoms with E-state index in [1.807, 2.05) is 0 Å². The number of nitrogens with zero attached hydrogens (tertiary/aromatic N) is 4. The minimum Gasteiger partial charge on any atom is -0.260 e. The molecule has 0 fully saturated rings. The van der Waals surface area contributed by atoms with Gasteiger partial charge in [-0.25, -0.2) is 17.8 Å². The second kappa shape index (κ2) is 7.43. The summed E-state index contributed by atoms with van der Waals surface area (Å²) in [5.74, 6) is 0. The molecule has 28 heavy (non-hydrogen) atoms. The summed E-state index contributed by atoms with van der Waals surface area (Å²) in [7, 11) is -4.11. The van der Waals surface area contributed by atoms with Gasteiger partial charge in [-0.1, -0.05) is 0 Å². The quantitative estimate of drug-likeness (QED) is 0.544. The predicted molar refractivity (Wildman–Crippen MR) is 87.3 cm³/mol. The Hall–Kier alpha value is -2.02. The van der Waals surface area contributed by atoms with Gasteiger partial charge in [0, 0.05) is 18.7 Å². The molecule has 156 valence electrons. The smallest absolute Gasteiger partial charge is 0.260 e. The number of aromatic nitrogens is 4. The third-order valence-electron chi connectivity index (χ3n) is 4.44. The van der Waals surface area contributed by atoms with Crippen LogP contribution in [-0.4, -0.2) is 34.5 Å². The third kappa shape index (κ3) is 4.04. The maximum absolute atomic E-state index is 13.3. The van der Waals surface area contributed by atoms with Crippen LogP contribution in [0.15, 0.2) is 11.1 Å². The molecule has 3 rings (SSSR count). The van der Waals surface area contributed by atoms with Crippen LogP contribution < -0.4 is 4.72 Å². The molecule has 1 aliphatic rings. The summed E-state index contributed by atoms with van der Waals surface area (Å²) >= 11 is 0. The highest BCUT2D eigenvalue weighted by molar-refractivity contribution is 7.89. The highest BCUT2D eigenvalue weighted by Gasteiger charge is 2.40. The minimum absolute atomic E-state index is 0.0465. The molecule has 0 bridgehead atoms. The van der Waals surface area contributed by atoms with Crippen molar-refractivity contribution in [2.45, 2.75) is 56.8 Å². The number of aryl methyl sites for hydroxylation is 3. The summed E-state index contributed by atoms with van der Waals surface area (Å²) in [5, 5.41) is 7.44. The van der Waals surface area contributed by atoms with Gasteiger partial charge in [0.1, 0.15) is 10.6 Å². The molecule has 0 saturated carbocycles. The van der Waals surface area contributed by atoms with Crippen LogP contribution in [0.25, 0.3) is 0 Å². The normalized spacial score (nSPS) is 14.8. The lowest BCUT2D eigenvalue weighted by molar-refractivity contribution is -0.144. The zero-order chi connectivity index (χ0) is 20.7. The molecule has 13 heteroatoms. The summed E-state index contributed by atoms with van der Waals surface area (Å²) < 4.78 is 93.0. The molecule has 2 aromatic heterocycles. The Morgan fingerprint density at radius 3 is 2.57 bits per heavy atom. The summed E-state index contributed by atoms with van der Waals surface area (Å²) in [6.45, 7) is -2.01. The predicted octanol–water partition coefficient (Wildman–Crippen LogP) is 2.66. The Morgan fingerprint density at radius 2 is 1.96 bits per heavy atom. The zero-order valence-electron chi connectivity index (χ0n) is 14.8. The molecule has 0 saturated heterocycles. The van der Waals surface area contributed by atoms with Crippen LogP contribution in [0.5, 0.6) is 0 Å². The summed E-state index contributed by atoms with van der Waals surface area (Å²) in [5.41, 5.74) is -0.237. The average Bonchev–Trinajstić information content (AvgIpc) is 3.23. The largest absolute Gasteiger partial charge is 0.433 e. The van der Waals surface area contributed by atoms with Crippen molar-refractivity contribution in [2.24, 2.45) is 0 Å². The van der Waals surface area contributed by atoms with Crippen molar-refractivity contribution in [1.29, 1.82) is 0 Å². The van der Waals surface area contributed by atoms with Gasteiger partial charge in [0.05, 0.1) is 17.6 Å². The number of sulfonamides is 1. The molecule has 0 radical (unpaired) electrons. The van der Waals surface area contributed by atoms with Gasteiger partial charge in [0.15, 0.2) is 0 Å². The number of halogens is 5. The van der Waals surface area contributed by atoms with Crippen molar-refractivity contribution in [2.75, 3.05) is 6.54 Å². The average molecular weight is 427 g/mol. The molecular formula is C15H18F5N5O2S. The van der Waals surface area contributed by atoms with Crippen molar-refractivity contribution in [3.05, 3.63) is 28.8 Å². The molecule has 0 amide bonds. The minimum atomic E-state index is -4.54. The first-order valence-corrected chi connectivity index (χ1v) is 9.98. The maximum atomic E-state index is 13.3. The fourth-order valence-corrected chi connectivity index (χ4v) is 4.51. The van der Waals surface area contributed by atoms with Gasteiger partial charge in [-0.15, -0.1) is 0 Å². The Morgan fingerprint density at radius 1 is 1.25 bits per heavy atom. The summed E-state index contributed by atoms with van der Waals surface area (Å²) in [4.78, 5) is -0.401. The number of alkyl halides is 5. The van der Waals surface area contributed by atoms with E-state index in [9.17, 15) is 30.4 Å². The number of hydrogen-bond acceptors (Lipinski definition) is 4. The van der Waals surface area contributed by atoms with Crippen LogP contribution in [0.1, 0.15) is 42.0 Å². The van der Waals surface area contributed by atoms with Crippen molar-refractivity contribution >= 4 is 10.0 Å². The van der Waals surface area contributed by atoms with Gasteiger partial charge in [0.2, 0.25) is 10.0 Å². The van der Waals surface area contributed by atoms with E-state index in [0.717, 1.165) is 4.68 Å². The second-order valence-electron chi connectivity index (χ2n) is 6.44. The lowest BCUT2D eigenvalue weighted by Gasteiger charge is -2.12. The Labute approximate surface area is 157 Å². The van der Waals surface area contributed by atoms with Crippen molar-refractivity contribution in [3.63, 3.8) is 0 Å². The third-order valence-corrected chi connectivity index (χ3v) is 6.01. The summed E-state index contributed by atoms with van der Waals surface area (Å²) in [6.07, 6.45) is -2.33. The number of nitrogens with one attached hydrogen (secondary N) is 1. The first-order valence-electron chi connectivity index (χ1n) is 8.50. The van der Waals surface area contributed by atoms with Gasteiger partial charge in [0.25, 0.3) is 0 Å². The van der Waals surface area contributed by atoms with Crippen LogP contribution in [0, 0.1) is 6.92 Å². The molecule has 1 aliphatic carbocycles. The fourth-order valence-electron chi connectivity index (χ4n) is 3.27. The monoisotopic (exact) mass is 427 g/mol. The SMILES string of the molecule is Cc1nn(C(F)F)cc1S(=O)(=O)NCCCn1nc2c(c1C(F)(F)F)CCC2. The second-order valence-corrected chi connectivity index (χ2v) is 8.17. The van der Waals surface area contributed by atoms with E-state index < -0.39 is 33.3 Å².